The number of hydrogen-bond donors (Lipinski definition) is 1. The molecule has 1 N–H and O–H groups in total. The van der Waals surface area contributed by atoms with E-state index in [1.165, 1.54) is 31.2 Å². The average molecular weight is 233 g/mol. The molecule has 0 bridgehead atoms. The van der Waals surface area contributed by atoms with Gasteiger partial charge in [-0.1, -0.05) is 19.1 Å². The van der Waals surface area contributed by atoms with E-state index in [1.807, 2.05) is 7.05 Å². The number of rotatable bonds is 5. The molecule has 2 heteroatoms. The quantitative estimate of drug-likeness (QED) is 0.837. The van der Waals surface area contributed by atoms with E-state index < -0.39 is 0 Å². The highest BCUT2D eigenvalue weighted by atomic mass is 16.5. The van der Waals surface area contributed by atoms with Crippen molar-refractivity contribution in [3.63, 3.8) is 0 Å². The van der Waals surface area contributed by atoms with Crippen molar-refractivity contribution < 1.29 is 4.74 Å². The first-order valence-corrected chi connectivity index (χ1v) is 6.77. The van der Waals surface area contributed by atoms with Crippen LogP contribution in [0.15, 0.2) is 24.3 Å². The number of benzene rings is 1. The summed E-state index contributed by atoms with van der Waals surface area (Å²) in [6.07, 6.45) is 6.61. The summed E-state index contributed by atoms with van der Waals surface area (Å²) in [6, 6.07) is 8.96. The van der Waals surface area contributed by atoms with Gasteiger partial charge in [0.15, 0.2) is 0 Å². The van der Waals surface area contributed by atoms with Gasteiger partial charge in [-0.15, -0.1) is 0 Å². The predicted octanol–water partition coefficient (Wildman–Crippen LogP) is 3.68. The maximum atomic E-state index is 6.03. The molecular weight excluding hydrogens is 210 g/mol. The van der Waals surface area contributed by atoms with Crippen LogP contribution in [0, 0.1) is 0 Å². The van der Waals surface area contributed by atoms with Crippen molar-refractivity contribution >= 4 is 0 Å². The van der Waals surface area contributed by atoms with Gasteiger partial charge < -0.3 is 10.1 Å². The van der Waals surface area contributed by atoms with Gasteiger partial charge in [0, 0.05) is 6.04 Å². The monoisotopic (exact) mass is 233 g/mol. The van der Waals surface area contributed by atoms with Gasteiger partial charge in [-0.25, -0.2) is 0 Å². The first-order valence-electron chi connectivity index (χ1n) is 6.77. The Morgan fingerprint density at radius 2 is 2.12 bits per heavy atom. The minimum absolute atomic E-state index is 0.433. The van der Waals surface area contributed by atoms with Crippen LogP contribution >= 0.6 is 0 Å². The molecule has 94 valence electrons. The second kappa shape index (κ2) is 6.06. The lowest BCUT2D eigenvalue weighted by Crippen LogP contribution is -2.16. The van der Waals surface area contributed by atoms with Gasteiger partial charge in [-0.05, 0) is 56.8 Å². The van der Waals surface area contributed by atoms with Crippen LogP contribution in [0.4, 0.5) is 0 Å². The highest BCUT2D eigenvalue weighted by Gasteiger charge is 2.16. The van der Waals surface area contributed by atoms with E-state index in [4.69, 9.17) is 4.74 Å². The molecule has 1 aliphatic carbocycles. The minimum atomic E-state index is 0.433. The van der Waals surface area contributed by atoms with Crippen LogP contribution in [0.1, 0.15) is 50.6 Å². The Morgan fingerprint density at radius 3 is 2.76 bits per heavy atom. The predicted molar refractivity (Wildman–Crippen MR) is 71.4 cm³/mol. The zero-order chi connectivity index (χ0) is 12.1. The molecule has 1 unspecified atom stereocenters. The molecule has 1 atom stereocenters. The third kappa shape index (κ3) is 3.22. The lowest BCUT2D eigenvalue weighted by atomic mass is 10.0. The molecule has 0 aliphatic heterocycles. The largest absolute Gasteiger partial charge is 0.490 e. The average Bonchev–Trinajstić information content (AvgIpc) is 2.84. The molecule has 1 aromatic carbocycles. The van der Waals surface area contributed by atoms with E-state index in [0.717, 1.165) is 12.2 Å². The lowest BCUT2D eigenvalue weighted by Gasteiger charge is -2.17. The number of ether oxygens (including phenoxy) is 1. The fourth-order valence-corrected chi connectivity index (χ4v) is 2.61. The molecule has 0 saturated heterocycles. The summed E-state index contributed by atoms with van der Waals surface area (Å²) in [6.45, 7) is 2.20. The topological polar surface area (TPSA) is 21.3 Å². The Kier molecular flexibility index (Phi) is 4.43. The van der Waals surface area contributed by atoms with Crippen LogP contribution in [0.25, 0.3) is 0 Å². The van der Waals surface area contributed by atoms with Gasteiger partial charge in [0.25, 0.3) is 0 Å². The van der Waals surface area contributed by atoms with Gasteiger partial charge in [0.05, 0.1) is 6.10 Å². The van der Waals surface area contributed by atoms with Crippen molar-refractivity contribution in [3.8, 4) is 5.75 Å². The highest BCUT2D eigenvalue weighted by Crippen LogP contribution is 2.26. The van der Waals surface area contributed by atoms with E-state index >= 15 is 0 Å². The zero-order valence-corrected chi connectivity index (χ0v) is 10.9. The van der Waals surface area contributed by atoms with Crippen molar-refractivity contribution in [2.75, 3.05) is 7.05 Å². The molecule has 0 amide bonds. The van der Waals surface area contributed by atoms with Crippen molar-refractivity contribution in [1.29, 1.82) is 0 Å². The molecule has 2 nitrogen and oxygen atoms in total. The van der Waals surface area contributed by atoms with Crippen molar-refractivity contribution in [2.24, 2.45) is 0 Å². The van der Waals surface area contributed by atoms with Crippen LogP contribution in [0.3, 0.4) is 0 Å². The molecule has 0 heterocycles. The number of nitrogens with one attached hydrogen (secondary N) is 1. The van der Waals surface area contributed by atoms with Crippen LogP contribution in [0.5, 0.6) is 5.75 Å². The smallest absolute Gasteiger partial charge is 0.120 e. The van der Waals surface area contributed by atoms with Crippen molar-refractivity contribution in [1.82, 2.24) is 5.32 Å². The second-order valence-electron chi connectivity index (χ2n) is 4.85. The minimum Gasteiger partial charge on any atom is -0.490 e. The molecule has 1 aliphatic rings. The summed E-state index contributed by atoms with van der Waals surface area (Å²) in [7, 11) is 2.01. The van der Waals surface area contributed by atoms with Gasteiger partial charge in [-0.2, -0.15) is 0 Å². The fraction of sp³-hybridized carbons (Fsp3) is 0.600. The van der Waals surface area contributed by atoms with Crippen LogP contribution < -0.4 is 10.1 Å². The first kappa shape index (κ1) is 12.4. The van der Waals surface area contributed by atoms with E-state index in [1.54, 1.807) is 0 Å². The van der Waals surface area contributed by atoms with E-state index in [-0.39, 0.29) is 0 Å². The Hall–Kier alpha value is -1.02. The molecule has 17 heavy (non-hydrogen) atoms. The molecule has 1 aromatic rings. The zero-order valence-electron chi connectivity index (χ0n) is 10.9. The Morgan fingerprint density at radius 1 is 1.35 bits per heavy atom. The standard InChI is InChI=1S/C15H23NO/c1-3-15(16-2)12-7-6-10-14(11-12)17-13-8-4-5-9-13/h6-7,10-11,13,15-16H,3-5,8-9H2,1-2H3. The molecule has 0 aromatic heterocycles. The summed E-state index contributed by atoms with van der Waals surface area (Å²) in [5, 5.41) is 3.33. The van der Waals surface area contributed by atoms with Crippen molar-refractivity contribution in [2.45, 2.75) is 51.2 Å². The normalized spacial score (nSPS) is 18.2. The fourth-order valence-electron chi connectivity index (χ4n) is 2.61. The molecule has 0 radical (unpaired) electrons. The molecule has 0 spiro atoms. The molecule has 1 fully saturated rings. The summed E-state index contributed by atoms with van der Waals surface area (Å²) >= 11 is 0. The third-order valence-corrected chi connectivity index (χ3v) is 3.62. The Balaban J connectivity index is 2.04. The summed E-state index contributed by atoms with van der Waals surface area (Å²) in [5.74, 6) is 1.03. The second-order valence-corrected chi connectivity index (χ2v) is 4.85. The summed E-state index contributed by atoms with van der Waals surface area (Å²) < 4.78 is 6.03. The molecule has 1 saturated carbocycles. The van der Waals surface area contributed by atoms with Crippen LogP contribution in [-0.4, -0.2) is 13.2 Å². The molecule has 2 rings (SSSR count). The Labute approximate surface area is 104 Å². The van der Waals surface area contributed by atoms with E-state index in [2.05, 4.69) is 36.5 Å². The Bertz CT molecular complexity index is 341. The van der Waals surface area contributed by atoms with Gasteiger partial charge in [-0.3, -0.25) is 0 Å². The number of hydrogen-bond acceptors (Lipinski definition) is 2. The van der Waals surface area contributed by atoms with Gasteiger partial charge in [0.1, 0.15) is 5.75 Å². The SMILES string of the molecule is CCC(NC)c1cccc(OC2CCCC2)c1. The molecular formula is C15H23NO. The van der Waals surface area contributed by atoms with Gasteiger partial charge >= 0.3 is 0 Å². The summed E-state index contributed by atoms with van der Waals surface area (Å²) in [5.41, 5.74) is 1.32. The first-order chi connectivity index (χ1) is 8.33. The maximum absolute atomic E-state index is 6.03. The van der Waals surface area contributed by atoms with Crippen LogP contribution in [-0.2, 0) is 0 Å². The van der Waals surface area contributed by atoms with E-state index in [9.17, 15) is 0 Å². The maximum Gasteiger partial charge on any atom is 0.120 e. The van der Waals surface area contributed by atoms with Crippen molar-refractivity contribution in [3.05, 3.63) is 29.8 Å². The van der Waals surface area contributed by atoms with E-state index in [0.29, 0.717) is 12.1 Å². The van der Waals surface area contributed by atoms with Gasteiger partial charge in [0.2, 0.25) is 0 Å². The summed E-state index contributed by atoms with van der Waals surface area (Å²) in [4.78, 5) is 0. The highest BCUT2D eigenvalue weighted by molar-refractivity contribution is 5.30. The lowest BCUT2D eigenvalue weighted by molar-refractivity contribution is 0.209. The third-order valence-electron chi connectivity index (χ3n) is 3.62. The van der Waals surface area contributed by atoms with Crippen LogP contribution in [0.2, 0.25) is 0 Å².